The molecule has 0 atom stereocenters. The Bertz CT molecular complexity index is 353. The fourth-order valence-corrected chi connectivity index (χ4v) is 5.03. The van der Waals surface area contributed by atoms with Gasteiger partial charge in [-0.25, -0.2) is 0 Å². The number of hydrogen-bond donors (Lipinski definition) is 2. The average molecular weight is 324 g/mol. The first kappa shape index (κ1) is 18.8. The molecular formula is C20H37NO2. The third kappa shape index (κ3) is 4.71. The van der Waals surface area contributed by atoms with Gasteiger partial charge in [-0.3, -0.25) is 4.79 Å². The van der Waals surface area contributed by atoms with Crippen LogP contribution in [0.5, 0.6) is 0 Å². The minimum atomic E-state index is -0.511. The van der Waals surface area contributed by atoms with E-state index in [4.69, 9.17) is 0 Å². The van der Waals surface area contributed by atoms with E-state index in [2.05, 4.69) is 19.2 Å². The molecule has 0 bridgehead atoms. The van der Waals surface area contributed by atoms with Crippen molar-refractivity contribution >= 4 is 5.97 Å². The van der Waals surface area contributed by atoms with E-state index in [0.29, 0.717) is 12.0 Å². The van der Waals surface area contributed by atoms with Gasteiger partial charge >= 0.3 is 5.97 Å². The molecule has 0 radical (unpaired) electrons. The van der Waals surface area contributed by atoms with E-state index in [1.807, 2.05) is 0 Å². The summed E-state index contributed by atoms with van der Waals surface area (Å²) in [5, 5.41) is 13.6. The summed E-state index contributed by atoms with van der Waals surface area (Å²) in [6, 6.07) is 0.547. The first-order valence-electron chi connectivity index (χ1n) is 10.1. The summed E-state index contributed by atoms with van der Waals surface area (Å²) in [7, 11) is 0. The van der Waals surface area contributed by atoms with Crippen LogP contribution in [0.1, 0.15) is 90.9 Å². The van der Waals surface area contributed by atoms with Crippen LogP contribution < -0.4 is 5.32 Å². The topological polar surface area (TPSA) is 49.3 Å². The van der Waals surface area contributed by atoms with Crippen LogP contribution in [0.3, 0.4) is 0 Å². The number of aliphatic carboxylic acids is 1. The summed E-state index contributed by atoms with van der Waals surface area (Å²) in [6.07, 6.45) is 13.7. The molecule has 2 rings (SSSR count). The van der Waals surface area contributed by atoms with Crippen LogP contribution in [-0.2, 0) is 4.79 Å². The average Bonchev–Trinajstić information content (AvgIpc) is 2.57. The first-order chi connectivity index (χ1) is 11.1. The van der Waals surface area contributed by atoms with Crippen LogP contribution in [0.4, 0.5) is 0 Å². The molecule has 134 valence electrons. The lowest BCUT2D eigenvalue weighted by molar-refractivity contribution is -0.157. The highest BCUT2D eigenvalue weighted by atomic mass is 16.4. The van der Waals surface area contributed by atoms with E-state index >= 15 is 0 Å². The number of nitrogens with one attached hydrogen (secondary N) is 1. The predicted molar refractivity (Wildman–Crippen MR) is 95.6 cm³/mol. The second kappa shape index (κ2) is 9.05. The van der Waals surface area contributed by atoms with E-state index in [0.717, 1.165) is 51.0 Å². The zero-order valence-corrected chi connectivity index (χ0v) is 15.3. The molecule has 3 heteroatoms. The molecule has 0 amide bonds. The molecule has 2 aliphatic carbocycles. The van der Waals surface area contributed by atoms with Crippen LogP contribution in [0.15, 0.2) is 0 Å². The summed E-state index contributed by atoms with van der Waals surface area (Å²) in [4.78, 5) is 12.1. The predicted octanol–water partition coefficient (Wildman–Crippen LogP) is 5.00. The van der Waals surface area contributed by atoms with Gasteiger partial charge in [0, 0.05) is 6.04 Å². The maximum Gasteiger partial charge on any atom is 0.309 e. The van der Waals surface area contributed by atoms with Crippen molar-refractivity contribution in [3.63, 3.8) is 0 Å². The van der Waals surface area contributed by atoms with Crippen molar-refractivity contribution in [2.24, 2.45) is 17.3 Å². The SMILES string of the molecule is CCCCNC1CCC(C(=O)O)(C2CCC(CCC)CC2)CC1. The molecule has 0 aromatic heterocycles. The monoisotopic (exact) mass is 323 g/mol. The van der Waals surface area contributed by atoms with Gasteiger partial charge in [-0.1, -0.05) is 46.0 Å². The van der Waals surface area contributed by atoms with Gasteiger partial charge in [0.1, 0.15) is 0 Å². The summed E-state index contributed by atoms with van der Waals surface area (Å²) < 4.78 is 0. The highest BCUT2D eigenvalue weighted by Crippen LogP contribution is 2.49. The van der Waals surface area contributed by atoms with Gasteiger partial charge in [0.2, 0.25) is 0 Å². The molecule has 2 fully saturated rings. The number of rotatable bonds is 8. The summed E-state index contributed by atoms with van der Waals surface area (Å²) in [6.45, 7) is 5.56. The summed E-state index contributed by atoms with van der Waals surface area (Å²) in [5.41, 5.74) is -0.417. The second-order valence-electron chi connectivity index (χ2n) is 8.05. The Morgan fingerprint density at radius 3 is 2.22 bits per heavy atom. The fraction of sp³-hybridized carbons (Fsp3) is 0.950. The van der Waals surface area contributed by atoms with Gasteiger partial charge < -0.3 is 10.4 Å². The van der Waals surface area contributed by atoms with Crippen molar-refractivity contribution in [2.45, 2.75) is 96.9 Å². The molecule has 23 heavy (non-hydrogen) atoms. The fourth-order valence-electron chi connectivity index (χ4n) is 5.03. The van der Waals surface area contributed by atoms with Crippen molar-refractivity contribution in [3.05, 3.63) is 0 Å². The summed E-state index contributed by atoms with van der Waals surface area (Å²) >= 11 is 0. The third-order valence-electron chi connectivity index (χ3n) is 6.59. The smallest absolute Gasteiger partial charge is 0.309 e. The Balaban J connectivity index is 1.88. The largest absolute Gasteiger partial charge is 0.481 e. The van der Waals surface area contributed by atoms with Crippen molar-refractivity contribution in [2.75, 3.05) is 6.54 Å². The van der Waals surface area contributed by atoms with Crippen LogP contribution >= 0.6 is 0 Å². The minimum Gasteiger partial charge on any atom is -0.481 e. The Hall–Kier alpha value is -0.570. The van der Waals surface area contributed by atoms with E-state index in [1.54, 1.807) is 0 Å². The number of carboxylic acid groups (broad SMARTS) is 1. The van der Waals surface area contributed by atoms with E-state index in [1.165, 1.54) is 38.5 Å². The number of hydrogen-bond acceptors (Lipinski definition) is 2. The van der Waals surface area contributed by atoms with Crippen LogP contribution in [0.2, 0.25) is 0 Å². The normalized spacial score (nSPS) is 35.1. The molecule has 0 aromatic carbocycles. The zero-order chi connectivity index (χ0) is 16.7. The molecule has 0 saturated heterocycles. The molecule has 2 aliphatic rings. The molecule has 2 N–H and O–H groups in total. The lowest BCUT2D eigenvalue weighted by atomic mass is 9.60. The number of unbranched alkanes of at least 4 members (excludes halogenated alkanes) is 1. The highest BCUT2D eigenvalue weighted by Gasteiger charge is 2.48. The quantitative estimate of drug-likeness (QED) is 0.618. The van der Waals surface area contributed by atoms with E-state index in [9.17, 15) is 9.90 Å². The van der Waals surface area contributed by atoms with Crippen molar-refractivity contribution in [3.8, 4) is 0 Å². The maximum absolute atomic E-state index is 12.1. The Morgan fingerprint density at radius 1 is 1.04 bits per heavy atom. The van der Waals surface area contributed by atoms with Crippen LogP contribution in [0, 0.1) is 17.3 Å². The van der Waals surface area contributed by atoms with Crippen molar-refractivity contribution in [1.29, 1.82) is 0 Å². The zero-order valence-electron chi connectivity index (χ0n) is 15.3. The molecule has 0 unspecified atom stereocenters. The van der Waals surface area contributed by atoms with Gasteiger partial charge in [0.05, 0.1) is 5.41 Å². The highest BCUT2D eigenvalue weighted by molar-refractivity contribution is 5.75. The first-order valence-corrected chi connectivity index (χ1v) is 10.1. The molecule has 0 aliphatic heterocycles. The lowest BCUT2D eigenvalue weighted by Crippen LogP contribution is -2.46. The van der Waals surface area contributed by atoms with Gasteiger partial charge in [-0.2, -0.15) is 0 Å². The molecular weight excluding hydrogens is 286 g/mol. The molecule has 0 heterocycles. The Kier molecular flexibility index (Phi) is 7.39. The molecule has 2 saturated carbocycles. The summed E-state index contributed by atoms with van der Waals surface area (Å²) in [5.74, 6) is 0.766. The maximum atomic E-state index is 12.1. The van der Waals surface area contributed by atoms with E-state index in [-0.39, 0.29) is 0 Å². The number of carbonyl (C=O) groups is 1. The Morgan fingerprint density at radius 2 is 1.70 bits per heavy atom. The van der Waals surface area contributed by atoms with Gasteiger partial charge in [-0.05, 0) is 63.3 Å². The van der Waals surface area contributed by atoms with Gasteiger partial charge in [-0.15, -0.1) is 0 Å². The lowest BCUT2D eigenvalue weighted by Gasteiger charge is -2.45. The van der Waals surface area contributed by atoms with Crippen LogP contribution in [-0.4, -0.2) is 23.7 Å². The van der Waals surface area contributed by atoms with Gasteiger partial charge in [0.25, 0.3) is 0 Å². The molecule has 0 spiro atoms. The number of carboxylic acids is 1. The Labute approximate surface area is 142 Å². The van der Waals surface area contributed by atoms with Crippen LogP contribution in [0.25, 0.3) is 0 Å². The third-order valence-corrected chi connectivity index (χ3v) is 6.59. The van der Waals surface area contributed by atoms with Gasteiger partial charge in [0.15, 0.2) is 0 Å². The van der Waals surface area contributed by atoms with Crippen molar-refractivity contribution < 1.29 is 9.90 Å². The molecule has 0 aromatic rings. The molecule has 3 nitrogen and oxygen atoms in total. The van der Waals surface area contributed by atoms with Crippen molar-refractivity contribution in [1.82, 2.24) is 5.32 Å². The second-order valence-corrected chi connectivity index (χ2v) is 8.05. The van der Waals surface area contributed by atoms with E-state index < -0.39 is 11.4 Å². The minimum absolute atomic E-state index is 0.417. The standard InChI is InChI=1S/C20H37NO2/c1-3-5-15-21-18-11-13-20(14-12-18,19(22)23)17-9-7-16(6-4-2)8-10-17/h16-18,21H,3-15H2,1-2H3,(H,22,23).